The van der Waals surface area contributed by atoms with E-state index in [1.807, 2.05) is 31.2 Å². The summed E-state index contributed by atoms with van der Waals surface area (Å²) < 4.78 is 6.34. The Balaban J connectivity index is 2.28. The van der Waals surface area contributed by atoms with Crippen molar-refractivity contribution in [1.82, 2.24) is 10.1 Å². The van der Waals surface area contributed by atoms with Gasteiger partial charge < -0.3 is 4.52 Å². The van der Waals surface area contributed by atoms with Gasteiger partial charge in [-0.3, -0.25) is 0 Å². The van der Waals surface area contributed by atoms with Gasteiger partial charge in [-0.25, -0.2) is 0 Å². The fraction of sp³-hybridized carbons (Fsp3) is 0.273. The van der Waals surface area contributed by atoms with Crippen LogP contribution in [0.5, 0.6) is 0 Å². The van der Waals surface area contributed by atoms with Crippen molar-refractivity contribution < 1.29 is 4.52 Å². The van der Waals surface area contributed by atoms with E-state index in [1.54, 1.807) is 0 Å². The van der Waals surface area contributed by atoms with Gasteiger partial charge in [0.1, 0.15) is 0 Å². The molecule has 0 saturated carbocycles. The van der Waals surface area contributed by atoms with Gasteiger partial charge in [-0.15, -0.1) is 11.6 Å². The summed E-state index contributed by atoms with van der Waals surface area (Å²) in [5.41, 5.74) is 0.916. The molecule has 0 bridgehead atoms. The van der Waals surface area contributed by atoms with Crippen molar-refractivity contribution in [1.29, 1.82) is 0 Å². The predicted molar refractivity (Wildman–Crippen MR) is 71.3 cm³/mol. The molecule has 16 heavy (non-hydrogen) atoms. The molecule has 0 radical (unpaired) electrons. The Labute approximate surface area is 112 Å². The highest BCUT2D eigenvalue weighted by Gasteiger charge is 2.14. The van der Waals surface area contributed by atoms with Crippen LogP contribution >= 0.6 is 34.2 Å². The molecule has 2 rings (SSSR count). The van der Waals surface area contributed by atoms with Crippen molar-refractivity contribution in [3.05, 3.63) is 33.7 Å². The molecule has 2 aromatic rings. The lowest BCUT2D eigenvalue weighted by Crippen LogP contribution is -1.90. The van der Waals surface area contributed by atoms with E-state index in [0.29, 0.717) is 11.7 Å². The monoisotopic (exact) mass is 348 g/mol. The Hall–Kier alpha value is -0.620. The van der Waals surface area contributed by atoms with E-state index in [-0.39, 0.29) is 5.38 Å². The summed E-state index contributed by atoms with van der Waals surface area (Å²) >= 11 is 8.28. The smallest absolute Gasteiger partial charge is 0.257 e. The molecule has 0 spiro atoms. The van der Waals surface area contributed by atoms with Crippen LogP contribution < -0.4 is 0 Å². The molecule has 0 N–H and O–H groups in total. The van der Waals surface area contributed by atoms with Crippen LogP contribution in [0.15, 0.2) is 28.8 Å². The fourth-order valence-electron chi connectivity index (χ4n) is 1.25. The summed E-state index contributed by atoms with van der Waals surface area (Å²) in [6.45, 7) is 1.98. The van der Waals surface area contributed by atoms with Crippen molar-refractivity contribution in [3.8, 4) is 11.5 Å². The largest absolute Gasteiger partial charge is 0.334 e. The maximum Gasteiger partial charge on any atom is 0.257 e. The van der Waals surface area contributed by atoms with Crippen molar-refractivity contribution in [2.24, 2.45) is 0 Å². The second kappa shape index (κ2) is 5.14. The van der Waals surface area contributed by atoms with Crippen molar-refractivity contribution in [2.45, 2.75) is 18.7 Å². The molecule has 3 nitrogen and oxygen atoms in total. The van der Waals surface area contributed by atoms with Crippen LogP contribution in [-0.2, 0) is 0 Å². The molecule has 5 heteroatoms. The number of hydrogen-bond donors (Lipinski definition) is 0. The third-order valence-electron chi connectivity index (χ3n) is 2.17. The number of hydrogen-bond acceptors (Lipinski definition) is 3. The third kappa shape index (κ3) is 2.55. The van der Waals surface area contributed by atoms with Crippen LogP contribution in [0.3, 0.4) is 0 Å². The Kier molecular flexibility index (Phi) is 3.81. The number of rotatable bonds is 3. The highest BCUT2D eigenvalue weighted by molar-refractivity contribution is 14.1. The van der Waals surface area contributed by atoms with E-state index in [1.165, 1.54) is 3.57 Å². The van der Waals surface area contributed by atoms with E-state index in [2.05, 4.69) is 32.7 Å². The summed E-state index contributed by atoms with van der Waals surface area (Å²) in [5.74, 6) is 1.07. The van der Waals surface area contributed by atoms with Gasteiger partial charge in [0.2, 0.25) is 0 Å². The average molecular weight is 349 g/mol. The first-order chi connectivity index (χ1) is 7.70. The van der Waals surface area contributed by atoms with Gasteiger partial charge in [-0.05, 0) is 53.3 Å². The van der Waals surface area contributed by atoms with E-state index < -0.39 is 0 Å². The Morgan fingerprint density at radius 2 is 2.06 bits per heavy atom. The zero-order valence-corrected chi connectivity index (χ0v) is 11.6. The van der Waals surface area contributed by atoms with Crippen molar-refractivity contribution in [3.63, 3.8) is 0 Å². The summed E-state index contributed by atoms with van der Waals surface area (Å²) in [7, 11) is 0. The minimum absolute atomic E-state index is 0.179. The Morgan fingerprint density at radius 3 is 2.69 bits per heavy atom. The molecule has 1 unspecified atom stereocenters. The minimum Gasteiger partial charge on any atom is -0.334 e. The molecule has 0 aliphatic heterocycles. The van der Waals surface area contributed by atoms with Crippen LogP contribution in [0.4, 0.5) is 0 Å². The lowest BCUT2D eigenvalue weighted by atomic mass is 10.2. The standard InChI is InChI=1S/C11H10ClIN2O/c1-2-9(12)10-14-11(16-15-10)7-3-5-8(13)6-4-7/h3-6,9H,2H2,1H3. The Bertz CT molecular complexity index is 469. The van der Waals surface area contributed by atoms with Gasteiger partial charge in [0, 0.05) is 9.13 Å². The van der Waals surface area contributed by atoms with Gasteiger partial charge in [0.15, 0.2) is 5.82 Å². The first-order valence-electron chi connectivity index (χ1n) is 4.94. The normalized spacial score (nSPS) is 12.7. The first-order valence-corrected chi connectivity index (χ1v) is 6.46. The number of alkyl halides is 1. The molecule has 1 atom stereocenters. The van der Waals surface area contributed by atoms with E-state index in [4.69, 9.17) is 16.1 Å². The summed E-state index contributed by atoms with van der Waals surface area (Å²) in [4.78, 5) is 4.27. The summed E-state index contributed by atoms with van der Waals surface area (Å²) in [6, 6.07) is 7.90. The van der Waals surface area contributed by atoms with Gasteiger partial charge in [-0.2, -0.15) is 4.98 Å². The van der Waals surface area contributed by atoms with Gasteiger partial charge in [0.05, 0.1) is 5.38 Å². The number of halogens is 2. The minimum atomic E-state index is -0.179. The number of benzene rings is 1. The third-order valence-corrected chi connectivity index (χ3v) is 3.39. The molecule has 0 fully saturated rings. The second-order valence-corrected chi connectivity index (χ2v) is 5.11. The molecule has 0 saturated heterocycles. The first kappa shape index (κ1) is 11.9. The van der Waals surface area contributed by atoms with Gasteiger partial charge in [-0.1, -0.05) is 12.1 Å². The van der Waals surface area contributed by atoms with Gasteiger partial charge in [0.25, 0.3) is 5.89 Å². The molecule has 0 amide bonds. The second-order valence-electron chi connectivity index (χ2n) is 3.34. The van der Waals surface area contributed by atoms with E-state index in [0.717, 1.165) is 12.0 Å². The van der Waals surface area contributed by atoms with Crippen LogP contribution in [0, 0.1) is 3.57 Å². The van der Waals surface area contributed by atoms with Crippen LogP contribution in [0.2, 0.25) is 0 Å². The summed E-state index contributed by atoms with van der Waals surface area (Å²) in [6.07, 6.45) is 0.785. The number of aromatic nitrogens is 2. The van der Waals surface area contributed by atoms with E-state index in [9.17, 15) is 0 Å². The molecule has 84 valence electrons. The van der Waals surface area contributed by atoms with Crippen LogP contribution in [-0.4, -0.2) is 10.1 Å². The SMILES string of the molecule is CCC(Cl)c1noc(-c2ccc(I)cc2)n1. The molecule has 1 aromatic heterocycles. The molecule has 0 aliphatic carbocycles. The van der Waals surface area contributed by atoms with E-state index >= 15 is 0 Å². The molecule has 1 heterocycles. The zero-order valence-electron chi connectivity index (χ0n) is 8.65. The van der Waals surface area contributed by atoms with Crippen molar-refractivity contribution >= 4 is 34.2 Å². The van der Waals surface area contributed by atoms with Crippen molar-refractivity contribution in [2.75, 3.05) is 0 Å². The molecule has 0 aliphatic rings. The maximum atomic E-state index is 6.03. The molecular formula is C11H10ClIN2O. The molecule has 1 aromatic carbocycles. The van der Waals surface area contributed by atoms with Gasteiger partial charge >= 0.3 is 0 Å². The predicted octanol–water partition coefficient (Wildman–Crippen LogP) is 4.03. The average Bonchev–Trinajstić information content (AvgIpc) is 2.78. The summed E-state index contributed by atoms with van der Waals surface area (Å²) in [5, 5.41) is 3.69. The lowest BCUT2D eigenvalue weighted by molar-refractivity contribution is 0.421. The fourth-order valence-corrected chi connectivity index (χ4v) is 1.70. The highest BCUT2D eigenvalue weighted by Crippen LogP contribution is 2.24. The lowest BCUT2D eigenvalue weighted by Gasteiger charge is -1.96. The topological polar surface area (TPSA) is 38.9 Å². The Morgan fingerprint density at radius 1 is 1.38 bits per heavy atom. The van der Waals surface area contributed by atoms with Crippen LogP contribution in [0.1, 0.15) is 24.5 Å². The number of nitrogens with zero attached hydrogens (tertiary/aromatic N) is 2. The maximum absolute atomic E-state index is 6.03. The van der Waals surface area contributed by atoms with Crippen LogP contribution in [0.25, 0.3) is 11.5 Å². The highest BCUT2D eigenvalue weighted by atomic mass is 127. The quantitative estimate of drug-likeness (QED) is 0.621. The molecular weight excluding hydrogens is 338 g/mol. The zero-order chi connectivity index (χ0) is 11.5.